The fourth-order valence-corrected chi connectivity index (χ4v) is 2.65. The summed E-state index contributed by atoms with van der Waals surface area (Å²) in [6.07, 6.45) is 2.81. The van der Waals surface area contributed by atoms with Gasteiger partial charge in [-0.3, -0.25) is 4.79 Å². The molecular weight excluding hydrogens is 280 g/mol. The van der Waals surface area contributed by atoms with Crippen molar-refractivity contribution in [2.75, 3.05) is 6.61 Å². The van der Waals surface area contributed by atoms with Crippen LogP contribution in [0.25, 0.3) is 0 Å². The summed E-state index contributed by atoms with van der Waals surface area (Å²) in [4.78, 5) is 14.9. The highest BCUT2D eigenvalue weighted by Crippen LogP contribution is 2.35. The van der Waals surface area contributed by atoms with E-state index in [0.29, 0.717) is 18.8 Å². The molecule has 1 amide bonds. The lowest BCUT2D eigenvalue weighted by atomic mass is 10.1. The van der Waals surface area contributed by atoms with Gasteiger partial charge < -0.3 is 19.8 Å². The van der Waals surface area contributed by atoms with Gasteiger partial charge in [-0.05, 0) is 38.1 Å². The number of aromatic nitrogens is 1. The van der Waals surface area contributed by atoms with E-state index in [4.69, 9.17) is 9.47 Å². The van der Waals surface area contributed by atoms with Gasteiger partial charge in [0.15, 0.2) is 0 Å². The second-order valence-electron chi connectivity index (χ2n) is 5.40. The summed E-state index contributed by atoms with van der Waals surface area (Å²) in [6, 6.07) is 7.54. The molecule has 116 valence electrons. The maximum Gasteiger partial charge on any atom is 0.267 e. The average molecular weight is 300 g/mol. The Bertz CT molecular complexity index is 665. The first kappa shape index (κ1) is 14.5. The van der Waals surface area contributed by atoms with Crippen LogP contribution in [0.3, 0.4) is 0 Å². The van der Waals surface area contributed by atoms with Crippen LogP contribution in [-0.4, -0.2) is 23.6 Å². The largest absolute Gasteiger partial charge is 0.494 e. The molecule has 0 spiro atoms. The number of hydrogen-bond donors (Lipinski definition) is 2. The molecule has 0 saturated carbocycles. The maximum atomic E-state index is 12.0. The van der Waals surface area contributed by atoms with Crippen LogP contribution in [0, 0.1) is 0 Å². The van der Waals surface area contributed by atoms with Gasteiger partial charge in [-0.15, -0.1) is 0 Å². The number of amides is 1. The van der Waals surface area contributed by atoms with Crippen LogP contribution < -0.4 is 14.8 Å². The number of H-pyrrole nitrogens is 1. The molecular formula is C17H20N2O3. The van der Waals surface area contributed by atoms with Gasteiger partial charge in [0.2, 0.25) is 0 Å². The molecule has 1 unspecified atom stereocenters. The molecule has 3 rings (SSSR count). The molecule has 22 heavy (non-hydrogen) atoms. The first-order valence-corrected chi connectivity index (χ1v) is 7.54. The number of carbonyl (C=O) groups excluding carboxylic acids is 1. The van der Waals surface area contributed by atoms with Crippen LogP contribution in [0.5, 0.6) is 11.5 Å². The van der Waals surface area contributed by atoms with Crippen LogP contribution in [-0.2, 0) is 13.0 Å². The fourth-order valence-electron chi connectivity index (χ4n) is 2.65. The molecule has 2 heterocycles. The Morgan fingerprint density at radius 3 is 3.09 bits per heavy atom. The van der Waals surface area contributed by atoms with Crippen molar-refractivity contribution in [1.82, 2.24) is 10.3 Å². The molecule has 1 aliphatic heterocycles. The smallest absolute Gasteiger partial charge is 0.267 e. The van der Waals surface area contributed by atoms with Gasteiger partial charge in [0.25, 0.3) is 5.91 Å². The minimum absolute atomic E-state index is 0.137. The van der Waals surface area contributed by atoms with Gasteiger partial charge in [0.05, 0.1) is 6.61 Å². The second-order valence-corrected chi connectivity index (χ2v) is 5.40. The number of nitrogens with one attached hydrogen (secondary N) is 2. The highest BCUT2D eigenvalue weighted by atomic mass is 16.5. The minimum Gasteiger partial charge on any atom is -0.494 e. The molecule has 0 fully saturated rings. The van der Waals surface area contributed by atoms with Crippen molar-refractivity contribution in [3.8, 4) is 11.5 Å². The quantitative estimate of drug-likeness (QED) is 0.892. The van der Waals surface area contributed by atoms with Crippen molar-refractivity contribution in [3.63, 3.8) is 0 Å². The third kappa shape index (κ3) is 2.93. The molecule has 1 aliphatic rings. The van der Waals surface area contributed by atoms with E-state index in [9.17, 15) is 4.79 Å². The summed E-state index contributed by atoms with van der Waals surface area (Å²) in [7, 11) is 0. The van der Waals surface area contributed by atoms with Gasteiger partial charge >= 0.3 is 0 Å². The Morgan fingerprint density at radius 1 is 1.50 bits per heavy atom. The molecule has 1 aromatic heterocycles. The number of aromatic amines is 1. The van der Waals surface area contributed by atoms with E-state index in [1.165, 1.54) is 0 Å². The fraction of sp³-hybridized carbons (Fsp3) is 0.353. The van der Waals surface area contributed by atoms with E-state index in [2.05, 4.69) is 10.3 Å². The van der Waals surface area contributed by atoms with Crippen molar-refractivity contribution in [2.45, 2.75) is 32.9 Å². The highest BCUT2D eigenvalue weighted by Gasteiger charge is 2.22. The first-order valence-electron chi connectivity index (χ1n) is 7.54. The van der Waals surface area contributed by atoms with Crippen LogP contribution in [0.4, 0.5) is 0 Å². The lowest BCUT2D eigenvalue weighted by molar-refractivity contribution is 0.0946. The van der Waals surface area contributed by atoms with E-state index < -0.39 is 0 Å². The average Bonchev–Trinajstić information content (AvgIpc) is 3.13. The maximum absolute atomic E-state index is 12.0. The zero-order valence-electron chi connectivity index (χ0n) is 12.8. The van der Waals surface area contributed by atoms with Gasteiger partial charge in [0.1, 0.15) is 23.3 Å². The number of carbonyl (C=O) groups is 1. The van der Waals surface area contributed by atoms with Crippen molar-refractivity contribution in [3.05, 3.63) is 47.3 Å². The Balaban J connectivity index is 1.77. The van der Waals surface area contributed by atoms with Crippen LogP contribution >= 0.6 is 0 Å². The molecule has 5 nitrogen and oxygen atoms in total. The minimum atomic E-state index is -0.137. The Hall–Kier alpha value is -2.43. The van der Waals surface area contributed by atoms with Crippen LogP contribution in [0.2, 0.25) is 0 Å². The summed E-state index contributed by atoms with van der Waals surface area (Å²) in [5, 5.41) is 2.90. The third-order valence-electron chi connectivity index (χ3n) is 3.66. The number of hydrogen-bond acceptors (Lipinski definition) is 3. The van der Waals surface area contributed by atoms with E-state index in [0.717, 1.165) is 29.0 Å². The Kier molecular flexibility index (Phi) is 4.04. The first-order chi connectivity index (χ1) is 10.7. The van der Waals surface area contributed by atoms with Crippen molar-refractivity contribution < 1.29 is 14.3 Å². The lowest BCUT2D eigenvalue weighted by Gasteiger charge is -2.13. The number of fused-ring (bicyclic) bond motifs is 1. The molecule has 0 saturated heterocycles. The summed E-state index contributed by atoms with van der Waals surface area (Å²) in [5.41, 5.74) is 2.63. The Morgan fingerprint density at radius 2 is 2.36 bits per heavy atom. The molecule has 2 aromatic rings. The molecule has 1 atom stereocenters. The zero-order valence-corrected chi connectivity index (χ0v) is 12.8. The van der Waals surface area contributed by atoms with Crippen molar-refractivity contribution >= 4 is 5.91 Å². The predicted octanol–water partition coefficient (Wildman–Crippen LogP) is 2.67. The van der Waals surface area contributed by atoms with Gasteiger partial charge in [0, 0.05) is 30.3 Å². The molecule has 1 aromatic carbocycles. The normalized spacial score (nSPS) is 16.0. The second kappa shape index (κ2) is 6.13. The van der Waals surface area contributed by atoms with Gasteiger partial charge in [-0.1, -0.05) is 0 Å². The summed E-state index contributed by atoms with van der Waals surface area (Å²) in [5.74, 6) is 1.56. The van der Waals surface area contributed by atoms with Crippen molar-refractivity contribution in [1.29, 1.82) is 0 Å². The topological polar surface area (TPSA) is 63.3 Å². The lowest BCUT2D eigenvalue weighted by Crippen LogP contribution is -2.23. The van der Waals surface area contributed by atoms with Crippen LogP contribution in [0.15, 0.2) is 30.5 Å². The molecule has 0 aliphatic carbocycles. The standard InChI is InChI=1S/C17H20N2O3/c1-3-21-15-8-12-7-11(2)22-16(12)9-13(15)10-19-17(20)14-5-4-6-18-14/h4-6,8-9,11,18H,3,7,10H2,1-2H3,(H,19,20). The van der Waals surface area contributed by atoms with Crippen molar-refractivity contribution in [2.24, 2.45) is 0 Å². The zero-order chi connectivity index (χ0) is 15.5. The summed E-state index contributed by atoms with van der Waals surface area (Å²) in [6.45, 7) is 4.99. The molecule has 0 bridgehead atoms. The van der Waals surface area contributed by atoms with Gasteiger partial charge in [-0.2, -0.15) is 0 Å². The van der Waals surface area contributed by atoms with E-state index in [1.807, 2.05) is 26.0 Å². The number of ether oxygens (including phenoxy) is 2. The van der Waals surface area contributed by atoms with Gasteiger partial charge in [-0.25, -0.2) is 0 Å². The van der Waals surface area contributed by atoms with E-state index >= 15 is 0 Å². The van der Waals surface area contributed by atoms with E-state index in [-0.39, 0.29) is 12.0 Å². The van der Waals surface area contributed by atoms with E-state index in [1.54, 1.807) is 18.3 Å². The molecule has 5 heteroatoms. The molecule has 2 N–H and O–H groups in total. The third-order valence-corrected chi connectivity index (χ3v) is 3.66. The highest BCUT2D eigenvalue weighted by molar-refractivity contribution is 5.92. The van der Waals surface area contributed by atoms with Crippen LogP contribution in [0.1, 0.15) is 35.5 Å². The molecule has 0 radical (unpaired) electrons. The monoisotopic (exact) mass is 300 g/mol. The predicted molar refractivity (Wildman–Crippen MR) is 83.4 cm³/mol. The summed E-state index contributed by atoms with van der Waals surface area (Å²) < 4.78 is 11.5. The SMILES string of the molecule is CCOc1cc2c(cc1CNC(=O)c1ccc[nH]1)OC(C)C2. The Labute approximate surface area is 129 Å². The summed E-state index contributed by atoms with van der Waals surface area (Å²) >= 11 is 0. The number of rotatable bonds is 5. The number of benzene rings is 1.